The average molecular weight is 295 g/mol. The minimum Gasteiger partial charge on any atom is -0.377 e. The number of halogens is 1. The van der Waals surface area contributed by atoms with Gasteiger partial charge in [-0.25, -0.2) is 4.39 Å². The largest absolute Gasteiger partial charge is 0.377 e. The number of benzene rings is 1. The van der Waals surface area contributed by atoms with E-state index in [0.717, 1.165) is 42.5 Å². The normalized spacial score (nSPS) is 14.2. The fourth-order valence-electron chi connectivity index (χ4n) is 2.88. The lowest BCUT2D eigenvalue weighted by Gasteiger charge is -2.30. The van der Waals surface area contributed by atoms with E-state index in [4.69, 9.17) is 4.74 Å². The third-order valence-electron chi connectivity index (χ3n) is 3.73. The third-order valence-corrected chi connectivity index (χ3v) is 3.73. The van der Waals surface area contributed by atoms with E-state index in [9.17, 15) is 4.39 Å². The van der Waals surface area contributed by atoms with Gasteiger partial charge in [-0.15, -0.1) is 0 Å². The zero-order valence-electron chi connectivity index (χ0n) is 14.1. The van der Waals surface area contributed by atoms with Gasteiger partial charge in [-0.2, -0.15) is 0 Å². The van der Waals surface area contributed by atoms with Gasteiger partial charge in [0, 0.05) is 12.2 Å². The Balaban J connectivity index is 3.16. The van der Waals surface area contributed by atoms with Gasteiger partial charge in [-0.1, -0.05) is 26.3 Å². The van der Waals surface area contributed by atoms with Crippen LogP contribution in [0.5, 0.6) is 0 Å². The predicted octanol–water partition coefficient (Wildman–Crippen LogP) is 4.69. The van der Waals surface area contributed by atoms with Crippen molar-refractivity contribution in [1.82, 2.24) is 5.32 Å². The first-order valence-electron chi connectivity index (χ1n) is 8.16. The summed E-state index contributed by atoms with van der Waals surface area (Å²) in [6.45, 7) is 11.7. The number of rotatable bonds is 9. The molecule has 2 unspecified atom stereocenters. The number of nitrogens with one attached hydrogen (secondary N) is 1. The molecule has 0 aromatic heterocycles. The lowest BCUT2D eigenvalue weighted by atomic mass is 9.92. The van der Waals surface area contributed by atoms with E-state index in [1.807, 2.05) is 26.8 Å². The van der Waals surface area contributed by atoms with Gasteiger partial charge in [0.15, 0.2) is 0 Å². The molecule has 0 saturated carbocycles. The summed E-state index contributed by atoms with van der Waals surface area (Å²) < 4.78 is 20.4. The van der Waals surface area contributed by atoms with Crippen LogP contribution in [0.4, 0.5) is 4.39 Å². The second-order valence-corrected chi connectivity index (χ2v) is 5.69. The van der Waals surface area contributed by atoms with Crippen LogP contribution in [0.1, 0.15) is 62.8 Å². The maximum atomic E-state index is 14.5. The Morgan fingerprint density at radius 2 is 1.86 bits per heavy atom. The Morgan fingerprint density at radius 1 is 1.14 bits per heavy atom. The van der Waals surface area contributed by atoms with E-state index in [2.05, 4.69) is 19.2 Å². The summed E-state index contributed by atoms with van der Waals surface area (Å²) in [6, 6.07) is 3.59. The lowest BCUT2D eigenvalue weighted by Crippen LogP contribution is -2.35. The highest BCUT2D eigenvalue weighted by Crippen LogP contribution is 2.29. The van der Waals surface area contributed by atoms with Crippen molar-refractivity contribution >= 4 is 0 Å². The SMILES string of the molecule is CCCNC(c1c(C)cc(C)cc1F)C(CCC)OCC. The molecule has 1 aromatic carbocycles. The number of ether oxygens (including phenoxy) is 1. The summed E-state index contributed by atoms with van der Waals surface area (Å²) in [5.74, 6) is -0.123. The first-order valence-corrected chi connectivity index (χ1v) is 8.16. The van der Waals surface area contributed by atoms with Gasteiger partial charge < -0.3 is 10.1 Å². The Kier molecular flexibility index (Phi) is 7.91. The van der Waals surface area contributed by atoms with Gasteiger partial charge in [-0.05, 0) is 57.4 Å². The van der Waals surface area contributed by atoms with Crippen LogP contribution in [-0.2, 0) is 4.74 Å². The molecule has 21 heavy (non-hydrogen) atoms. The summed E-state index contributed by atoms with van der Waals surface area (Å²) in [6.07, 6.45) is 3.00. The molecule has 1 aromatic rings. The van der Waals surface area contributed by atoms with E-state index in [1.165, 1.54) is 0 Å². The molecule has 120 valence electrons. The summed E-state index contributed by atoms with van der Waals surface area (Å²) in [5, 5.41) is 3.49. The molecule has 0 heterocycles. The molecule has 0 aliphatic carbocycles. The highest BCUT2D eigenvalue weighted by Gasteiger charge is 2.26. The number of hydrogen-bond acceptors (Lipinski definition) is 2. The molecular formula is C18H30FNO. The van der Waals surface area contributed by atoms with Crippen LogP contribution < -0.4 is 5.32 Å². The van der Waals surface area contributed by atoms with Gasteiger partial charge in [0.1, 0.15) is 5.82 Å². The minimum absolute atomic E-state index is 0.0162. The fourth-order valence-corrected chi connectivity index (χ4v) is 2.88. The van der Waals surface area contributed by atoms with Gasteiger partial charge in [0.05, 0.1) is 12.1 Å². The van der Waals surface area contributed by atoms with Crippen molar-refractivity contribution in [3.05, 3.63) is 34.6 Å². The standard InChI is InChI=1S/C18H30FNO/c1-6-9-16(21-8-3)18(20-10-7-2)17-14(5)11-13(4)12-15(17)19/h11-12,16,18,20H,6-10H2,1-5H3. The lowest BCUT2D eigenvalue weighted by molar-refractivity contribution is 0.0265. The van der Waals surface area contributed by atoms with Gasteiger partial charge in [0.25, 0.3) is 0 Å². The Morgan fingerprint density at radius 3 is 2.38 bits per heavy atom. The molecular weight excluding hydrogens is 265 g/mol. The molecule has 0 spiro atoms. The molecule has 3 heteroatoms. The van der Waals surface area contributed by atoms with Gasteiger partial charge in [0.2, 0.25) is 0 Å². The molecule has 1 N–H and O–H groups in total. The second-order valence-electron chi connectivity index (χ2n) is 5.69. The minimum atomic E-state index is -0.123. The molecule has 0 bridgehead atoms. The second kappa shape index (κ2) is 9.16. The number of aryl methyl sites for hydroxylation is 2. The topological polar surface area (TPSA) is 21.3 Å². The van der Waals surface area contributed by atoms with Crippen molar-refractivity contribution in [2.24, 2.45) is 0 Å². The highest BCUT2D eigenvalue weighted by atomic mass is 19.1. The molecule has 0 saturated heterocycles. The number of hydrogen-bond donors (Lipinski definition) is 1. The van der Waals surface area contributed by atoms with E-state index >= 15 is 0 Å². The van der Waals surface area contributed by atoms with Crippen molar-refractivity contribution < 1.29 is 9.13 Å². The van der Waals surface area contributed by atoms with Crippen LogP contribution >= 0.6 is 0 Å². The maximum Gasteiger partial charge on any atom is 0.128 e. The van der Waals surface area contributed by atoms with Crippen LogP contribution in [0, 0.1) is 19.7 Å². The van der Waals surface area contributed by atoms with Crippen LogP contribution in [0.3, 0.4) is 0 Å². The van der Waals surface area contributed by atoms with Gasteiger partial charge in [-0.3, -0.25) is 0 Å². The first-order chi connectivity index (χ1) is 10.0. The Bertz CT molecular complexity index is 404. The molecule has 0 fully saturated rings. The van der Waals surface area contributed by atoms with Crippen LogP contribution in [0.25, 0.3) is 0 Å². The Hall–Kier alpha value is -0.930. The van der Waals surface area contributed by atoms with E-state index in [-0.39, 0.29) is 18.0 Å². The summed E-state index contributed by atoms with van der Waals surface area (Å²) in [4.78, 5) is 0. The summed E-state index contributed by atoms with van der Waals surface area (Å²) in [7, 11) is 0. The zero-order chi connectivity index (χ0) is 15.8. The van der Waals surface area contributed by atoms with Gasteiger partial charge >= 0.3 is 0 Å². The fraction of sp³-hybridized carbons (Fsp3) is 0.667. The van der Waals surface area contributed by atoms with Crippen LogP contribution in [-0.4, -0.2) is 19.3 Å². The molecule has 0 amide bonds. The average Bonchev–Trinajstić information content (AvgIpc) is 2.41. The smallest absolute Gasteiger partial charge is 0.128 e. The first kappa shape index (κ1) is 18.1. The van der Waals surface area contributed by atoms with Crippen LogP contribution in [0.15, 0.2) is 12.1 Å². The maximum absolute atomic E-state index is 14.5. The van der Waals surface area contributed by atoms with E-state index in [0.29, 0.717) is 6.61 Å². The predicted molar refractivity (Wildman–Crippen MR) is 87.2 cm³/mol. The molecule has 2 atom stereocenters. The summed E-state index contributed by atoms with van der Waals surface area (Å²) in [5.41, 5.74) is 2.73. The highest BCUT2D eigenvalue weighted by molar-refractivity contribution is 5.35. The van der Waals surface area contributed by atoms with Crippen molar-refractivity contribution in [2.45, 2.75) is 66.0 Å². The quantitative estimate of drug-likeness (QED) is 0.713. The molecule has 0 aliphatic rings. The van der Waals surface area contributed by atoms with E-state index < -0.39 is 0 Å². The molecule has 1 rings (SSSR count). The molecule has 2 nitrogen and oxygen atoms in total. The van der Waals surface area contributed by atoms with Crippen molar-refractivity contribution in [2.75, 3.05) is 13.2 Å². The summed E-state index contributed by atoms with van der Waals surface area (Å²) >= 11 is 0. The monoisotopic (exact) mass is 295 g/mol. The third kappa shape index (κ3) is 5.08. The van der Waals surface area contributed by atoms with E-state index in [1.54, 1.807) is 6.07 Å². The molecule has 0 aliphatic heterocycles. The molecule has 0 radical (unpaired) electrons. The van der Waals surface area contributed by atoms with Crippen LogP contribution in [0.2, 0.25) is 0 Å². The van der Waals surface area contributed by atoms with Crippen molar-refractivity contribution in [3.63, 3.8) is 0 Å². The van der Waals surface area contributed by atoms with Crippen molar-refractivity contribution in [3.8, 4) is 0 Å². The van der Waals surface area contributed by atoms with Crippen molar-refractivity contribution in [1.29, 1.82) is 0 Å². The Labute approximate surface area is 129 Å². The zero-order valence-corrected chi connectivity index (χ0v) is 14.1.